The standard InChI is InChI=1S/C27H31N3O4/c1-27(2,3)23(31)17-29-22-11-7-6-10-21(22)25(33)30(26(29)34)16-18-12-14-19(15-13-18)24(32)28-20-8-4-5-9-20/h6-7,10-15,20H,4-5,8-9,16-17H2,1-3H3,(H,28,32). The largest absolute Gasteiger partial charge is 0.349 e. The van der Waals surface area contributed by atoms with Crippen molar-refractivity contribution in [3.05, 3.63) is 80.5 Å². The number of fused-ring (bicyclic) bond motifs is 1. The Morgan fingerprint density at radius 2 is 1.59 bits per heavy atom. The predicted molar refractivity (Wildman–Crippen MR) is 132 cm³/mol. The molecule has 34 heavy (non-hydrogen) atoms. The highest BCUT2D eigenvalue weighted by Crippen LogP contribution is 2.19. The van der Waals surface area contributed by atoms with Crippen molar-refractivity contribution in [3.8, 4) is 0 Å². The molecule has 0 atom stereocenters. The number of rotatable bonds is 6. The second-order valence-electron chi connectivity index (χ2n) is 10.1. The molecule has 0 unspecified atom stereocenters. The number of Topliss-reactive ketones (excluding diaryl/α,β-unsaturated/α-hetero) is 1. The molecule has 1 aliphatic carbocycles. The fourth-order valence-electron chi connectivity index (χ4n) is 4.33. The third-order valence-electron chi connectivity index (χ3n) is 6.52. The summed E-state index contributed by atoms with van der Waals surface area (Å²) in [6.07, 6.45) is 4.31. The molecule has 7 heteroatoms. The third kappa shape index (κ3) is 4.88. The Bertz CT molecular complexity index is 1340. The number of aromatic nitrogens is 2. The summed E-state index contributed by atoms with van der Waals surface area (Å²) in [5.74, 6) is -0.202. The Labute approximate surface area is 198 Å². The van der Waals surface area contributed by atoms with Crippen molar-refractivity contribution in [1.82, 2.24) is 14.5 Å². The Kier molecular flexibility index (Phi) is 6.55. The van der Waals surface area contributed by atoms with Gasteiger partial charge in [0.25, 0.3) is 11.5 Å². The zero-order valence-corrected chi connectivity index (χ0v) is 20.0. The van der Waals surface area contributed by atoms with Gasteiger partial charge in [0.05, 0.1) is 24.0 Å². The van der Waals surface area contributed by atoms with Crippen LogP contribution in [0.1, 0.15) is 62.4 Å². The Balaban J connectivity index is 1.65. The minimum absolute atomic E-state index is 0.0523. The van der Waals surface area contributed by atoms with Crippen molar-refractivity contribution in [2.45, 2.75) is 65.6 Å². The van der Waals surface area contributed by atoms with Crippen LogP contribution < -0.4 is 16.6 Å². The van der Waals surface area contributed by atoms with E-state index in [4.69, 9.17) is 0 Å². The molecule has 0 saturated heterocycles. The molecule has 0 aliphatic heterocycles. The number of benzene rings is 2. The van der Waals surface area contributed by atoms with Gasteiger partial charge in [-0.3, -0.25) is 23.5 Å². The molecule has 1 aliphatic rings. The summed E-state index contributed by atoms with van der Waals surface area (Å²) in [6, 6.07) is 14.0. The van der Waals surface area contributed by atoms with E-state index in [9.17, 15) is 19.2 Å². The van der Waals surface area contributed by atoms with Gasteiger partial charge in [0.15, 0.2) is 5.78 Å². The van der Waals surface area contributed by atoms with E-state index >= 15 is 0 Å². The van der Waals surface area contributed by atoms with Crippen LogP contribution in [0, 0.1) is 5.41 Å². The number of para-hydroxylation sites is 1. The Morgan fingerprint density at radius 1 is 0.941 bits per heavy atom. The van der Waals surface area contributed by atoms with Crippen LogP contribution >= 0.6 is 0 Å². The van der Waals surface area contributed by atoms with Crippen LogP contribution in [-0.2, 0) is 17.9 Å². The van der Waals surface area contributed by atoms with Gasteiger partial charge in [-0.25, -0.2) is 4.79 Å². The molecule has 0 radical (unpaired) electrons. The lowest BCUT2D eigenvalue weighted by atomic mass is 9.91. The maximum atomic E-state index is 13.3. The third-order valence-corrected chi connectivity index (χ3v) is 6.52. The average molecular weight is 462 g/mol. The van der Waals surface area contributed by atoms with Crippen LogP contribution in [0.3, 0.4) is 0 Å². The summed E-state index contributed by atoms with van der Waals surface area (Å²) < 4.78 is 2.54. The van der Waals surface area contributed by atoms with E-state index in [2.05, 4.69) is 5.32 Å². The zero-order valence-electron chi connectivity index (χ0n) is 20.0. The van der Waals surface area contributed by atoms with E-state index < -0.39 is 16.7 Å². The lowest BCUT2D eigenvalue weighted by Crippen LogP contribution is -2.42. The minimum atomic E-state index is -0.615. The molecule has 1 N–H and O–H groups in total. The number of ketones is 1. The maximum absolute atomic E-state index is 13.3. The van der Waals surface area contributed by atoms with Gasteiger partial charge in [0, 0.05) is 17.0 Å². The van der Waals surface area contributed by atoms with Crippen molar-refractivity contribution in [3.63, 3.8) is 0 Å². The molecular weight excluding hydrogens is 430 g/mol. The molecule has 1 fully saturated rings. The quantitative estimate of drug-likeness (QED) is 0.608. The van der Waals surface area contributed by atoms with Gasteiger partial charge in [0.1, 0.15) is 0 Å². The second kappa shape index (κ2) is 9.41. The Hall–Kier alpha value is -3.48. The van der Waals surface area contributed by atoms with E-state index in [1.807, 2.05) is 20.8 Å². The fourth-order valence-corrected chi connectivity index (χ4v) is 4.33. The molecule has 1 heterocycles. The van der Waals surface area contributed by atoms with Crippen LogP contribution in [0.25, 0.3) is 10.9 Å². The van der Waals surface area contributed by atoms with Gasteiger partial charge in [-0.05, 0) is 42.7 Å². The first-order valence-corrected chi connectivity index (χ1v) is 11.8. The SMILES string of the molecule is CC(C)(C)C(=O)Cn1c(=O)n(Cc2ccc(C(=O)NC3CCCC3)cc2)c(=O)c2ccccc21. The number of carbonyl (C=O) groups excluding carboxylic acids is 2. The molecule has 3 aromatic rings. The van der Waals surface area contributed by atoms with E-state index in [-0.39, 0.29) is 30.8 Å². The molecule has 1 amide bonds. The molecule has 7 nitrogen and oxygen atoms in total. The fraction of sp³-hybridized carbons (Fsp3) is 0.407. The number of nitrogens with one attached hydrogen (secondary N) is 1. The van der Waals surface area contributed by atoms with Gasteiger partial charge < -0.3 is 5.32 Å². The molecular formula is C27H31N3O4. The van der Waals surface area contributed by atoms with E-state index in [0.717, 1.165) is 35.8 Å². The highest BCUT2D eigenvalue weighted by Gasteiger charge is 2.24. The van der Waals surface area contributed by atoms with Crippen molar-refractivity contribution in [2.75, 3.05) is 0 Å². The first kappa shape index (κ1) is 23.7. The molecule has 178 valence electrons. The topological polar surface area (TPSA) is 90.2 Å². The molecule has 0 spiro atoms. The van der Waals surface area contributed by atoms with Crippen molar-refractivity contribution >= 4 is 22.6 Å². The second-order valence-corrected chi connectivity index (χ2v) is 10.1. The van der Waals surface area contributed by atoms with Gasteiger partial charge in [-0.2, -0.15) is 0 Å². The number of hydrogen-bond acceptors (Lipinski definition) is 4. The molecule has 0 bridgehead atoms. The van der Waals surface area contributed by atoms with Gasteiger partial charge in [-0.15, -0.1) is 0 Å². The molecule has 1 aromatic heterocycles. The number of hydrogen-bond donors (Lipinski definition) is 1. The molecule has 4 rings (SSSR count). The van der Waals surface area contributed by atoms with E-state index in [1.165, 1.54) is 4.57 Å². The first-order valence-electron chi connectivity index (χ1n) is 11.8. The van der Waals surface area contributed by atoms with Crippen molar-refractivity contribution in [1.29, 1.82) is 0 Å². The molecule has 2 aromatic carbocycles. The summed E-state index contributed by atoms with van der Waals surface area (Å²) in [5, 5.41) is 3.45. The lowest BCUT2D eigenvalue weighted by molar-refractivity contribution is -0.126. The van der Waals surface area contributed by atoms with Crippen LogP contribution in [0.5, 0.6) is 0 Å². The minimum Gasteiger partial charge on any atom is -0.349 e. The normalized spacial score (nSPS) is 14.4. The lowest BCUT2D eigenvalue weighted by Gasteiger charge is -2.19. The van der Waals surface area contributed by atoms with E-state index in [1.54, 1.807) is 48.5 Å². The highest BCUT2D eigenvalue weighted by atomic mass is 16.2. The summed E-state index contributed by atoms with van der Waals surface area (Å²) in [7, 11) is 0. The first-order chi connectivity index (χ1) is 16.1. The Morgan fingerprint density at radius 3 is 2.24 bits per heavy atom. The highest BCUT2D eigenvalue weighted by molar-refractivity contribution is 5.94. The van der Waals surface area contributed by atoms with Crippen LogP contribution in [0.15, 0.2) is 58.1 Å². The van der Waals surface area contributed by atoms with E-state index in [0.29, 0.717) is 16.5 Å². The number of amides is 1. The maximum Gasteiger partial charge on any atom is 0.332 e. The van der Waals surface area contributed by atoms with Crippen molar-refractivity contribution < 1.29 is 9.59 Å². The zero-order chi connectivity index (χ0) is 24.5. The predicted octanol–water partition coefficient (Wildman–Crippen LogP) is 3.50. The summed E-state index contributed by atoms with van der Waals surface area (Å²) in [6.45, 7) is 5.37. The van der Waals surface area contributed by atoms with Gasteiger partial charge in [-0.1, -0.05) is 57.9 Å². The van der Waals surface area contributed by atoms with Crippen LogP contribution in [-0.4, -0.2) is 26.9 Å². The summed E-state index contributed by atoms with van der Waals surface area (Å²) in [5.41, 5.74) is 0.184. The number of carbonyl (C=O) groups is 2. The average Bonchev–Trinajstić information content (AvgIpc) is 3.32. The summed E-state index contributed by atoms with van der Waals surface area (Å²) in [4.78, 5) is 51.7. The van der Waals surface area contributed by atoms with Crippen LogP contribution in [0.4, 0.5) is 0 Å². The summed E-state index contributed by atoms with van der Waals surface area (Å²) >= 11 is 0. The van der Waals surface area contributed by atoms with Gasteiger partial charge >= 0.3 is 5.69 Å². The molecule has 1 saturated carbocycles. The van der Waals surface area contributed by atoms with Crippen LogP contribution in [0.2, 0.25) is 0 Å². The smallest absolute Gasteiger partial charge is 0.332 e. The monoisotopic (exact) mass is 461 g/mol. The van der Waals surface area contributed by atoms with Crippen molar-refractivity contribution in [2.24, 2.45) is 5.41 Å². The van der Waals surface area contributed by atoms with Gasteiger partial charge in [0.2, 0.25) is 0 Å². The number of nitrogens with zero attached hydrogens (tertiary/aromatic N) is 2.